The number of unbranched alkanes of at least 4 members (excludes halogenated alkanes) is 49. The molecule has 0 aromatic rings. The van der Waals surface area contributed by atoms with Gasteiger partial charge in [0.2, 0.25) is 5.91 Å². The first kappa shape index (κ1) is 80.2. The highest BCUT2D eigenvalue weighted by molar-refractivity contribution is 5.76. The zero-order valence-corrected chi connectivity index (χ0v) is 55.4. The Balaban J connectivity index is 2.06. The lowest BCUT2D eigenvalue weighted by Gasteiger charge is -2.40. The molecule has 1 amide bonds. The van der Waals surface area contributed by atoms with Crippen molar-refractivity contribution in [1.29, 1.82) is 0 Å². The minimum absolute atomic E-state index is 0.169. The van der Waals surface area contributed by atoms with Gasteiger partial charge in [-0.25, -0.2) is 0 Å². The van der Waals surface area contributed by atoms with E-state index in [2.05, 4.69) is 55.6 Å². The van der Waals surface area contributed by atoms with E-state index in [1.165, 1.54) is 295 Å². The fourth-order valence-corrected chi connectivity index (χ4v) is 11.9. The number of nitrogens with one attached hydrogen (secondary N) is 1. The Morgan fingerprint density at radius 2 is 0.702 bits per heavy atom. The first-order valence-electron chi connectivity index (χ1n) is 36.9. The molecule has 9 heteroatoms. The highest BCUT2D eigenvalue weighted by atomic mass is 16.7. The van der Waals surface area contributed by atoms with Crippen molar-refractivity contribution in [3.63, 3.8) is 0 Å². The van der Waals surface area contributed by atoms with E-state index in [0.717, 1.165) is 51.4 Å². The lowest BCUT2D eigenvalue weighted by atomic mass is 9.99. The molecule has 84 heavy (non-hydrogen) atoms. The summed E-state index contributed by atoms with van der Waals surface area (Å²) < 4.78 is 11.3. The smallest absolute Gasteiger partial charge is 0.220 e. The maximum Gasteiger partial charge on any atom is 0.220 e. The van der Waals surface area contributed by atoms with Crippen LogP contribution in [0.3, 0.4) is 0 Å². The summed E-state index contributed by atoms with van der Waals surface area (Å²) in [7, 11) is 0. The summed E-state index contributed by atoms with van der Waals surface area (Å²) in [6.07, 6.45) is 80.9. The minimum Gasteiger partial charge on any atom is -0.394 e. The summed E-state index contributed by atoms with van der Waals surface area (Å²) in [4.78, 5) is 13.1. The van der Waals surface area contributed by atoms with Gasteiger partial charge >= 0.3 is 0 Å². The van der Waals surface area contributed by atoms with Gasteiger partial charge in [-0.3, -0.25) is 4.79 Å². The lowest BCUT2D eigenvalue weighted by Crippen LogP contribution is -2.60. The first-order valence-corrected chi connectivity index (χ1v) is 36.9. The Labute approximate surface area is 520 Å². The number of carbonyl (C=O) groups is 1. The molecule has 494 valence electrons. The van der Waals surface area contributed by atoms with Gasteiger partial charge in [0.1, 0.15) is 24.4 Å². The number of aliphatic hydroxyl groups is 5. The van der Waals surface area contributed by atoms with E-state index in [4.69, 9.17) is 9.47 Å². The number of amides is 1. The molecule has 1 heterocycles. The summed E-state index contributed by atoms with van der Waals surface area (Å²) >= 11 is 0. The number of ether oxygens (including phenoxy) is 2. The van der Waals surface area contributed by atoms with Crippen molar-refractivity contribution in [1.82, 2.24) is 5.32 Å². The van der Waals surface area contributed by atoms with Gasteiger partial charge in [0.25, 0.3) is 0 Å². The lowest BCUT2D eigenvalue weighted by molar-refractivity contribution is -0.302. The molecule has 0 aliphatic carbocycles. The predicted molar refractivity (Wildman–Crippen MR) is 359 cm³/mol. The number of carbonyl (C=O) groups excluding carboxylic acids is 1. The van der Waals surface area contributed by atoms with Crippen molar-refractivity contribution in [3.8, 4) is 0 Å². The average molecular weight is 1180 g/mol. The molecule has 7 atom stereocenters. The zero-order valence-electron chi connectivity index (χ0n) is 55.4. The molecule has 1 rings (SSSR count). The third-order valence-electron chi connectivity index (χ3n) is 17.6. The molecule has 0 spiro atoms. The molecule has 0 aromatic heterocycles. The van der Waals surface area contributed by atoms with E-state index in [0.29, 0.717) is 6.42 Å². The molecule has 1 fully saturated rings. The van der Waals surface area contributed by atoms with Crippen molar-refractivity contribution < 1.29 is 39.8 Å². The van der Waals surface area contributed by atoms with Gasteiger partial charge < -0.3 is 40.3 Å². The summed E-state index contributed by atoms with van der Waals surface area (Å²) in [5, 5.41) is 54.8. The normalized spacial score (nSPS) is 18.4. The second-order valence-electron chi connectivity index (χ2n) is 25.7. The molecule has 7 unspecified atom stereocenters. The van der Waals surface area contributed by atoms with Crippen LogP contribution in [0.25, 0.3) is 0 Å². The highest BCUT2D eigenvalue weighted by Crippen LogP contribution is 2.24. The minimum atomic E-state index is -1.57. The molecule has 0 aromatic carbocycles. The highest BCUT2D eigenvalue weighted by Gasteiger charge is 2.44. The Morgan fingerprint density at radius 3 is 1.04 bits per heavy atom. The zero-order chi connectivity index (χ0) is 60.7. The maximum absolute atomic E-state index is 13.1. The van der Waals surface area contributed by atoms with Crippen LogP contribution in [0, 0.1) is 0 Å². The quantitative estimate of drug-likeness (QED) is 0.0261. The topological polar surface area (TPSA) is 149 Å². The van der Waals surface area contributed by atoms with Gasteiger partial charge in [-0.15, -0.1) is 0 Å². The number of rotatable bonds is 65. The van der Waals surface area contributed by atoms with Crippen molar-refractivity contribution in [3.05, 3.63) is 48.6 Å². The van der Waals surface area contributed by atoms with Crippen LogP contribution in [0.1, 0.15) is 367 Å². The van der Waals surface area contributed by atoms with Gasteiger partial charge in [-0.1, -0.05) is 351 Å². The Kier molecular flexibility index (Phi) is 61.2. The number of hydrogen-bond acceptors (Lipinski definition) is 8. The van der Waals surface area contributed by atoms with E-state index in [-0.39, 0.29) is 12.5 Å². The van der Waals surface area contributed by atoms with Crippen LogP contribution in [-0.2, 0) is 14.3 Å². The summed E-state index contributed by atoms with van der Waals surface area (Å²) in [6.45, 7) is 3.82. The Hall–Kier alpha value is -1.85. The van der Waals surface area contributed by atoms with Crippen LogP contribution < -0.4 is 5.32 Å². The van der Waals surface area contributed by atoms with Crippen molar-refractivity contribution in [2.75, 3.05) is 13.2 Å². The average Bonchev–Trinajstić information content (AvgIpc) is 3.70. The molecule has 1 aliphatic heterocycles. The molecule has 6 N–H and O–H groups in total. The van der Waals surface area contributed by atoms with Crippen LogP contribution in [0.2, 0.25) is 0 Å². The van der Waals surface area contributed by atoms with Gasteiger partial charge in [-0.05, 0) is 57.8 Å². The molecule has 9 nitrogen and oxygen atoms in total. The second-order valence-corrected chi connectivity index (χ2v) is 25.7. The van der Waals surface area contributed by atoms with Crippen LogP contribution in [0.5, 0.6) is 0 Å². The molecular weight excluding hydrogens is 1040 g/mol. The molecule has 0 saturated carbocycles. The van der Waals surface area contributed by atoms with Crippen LogP contribution >= 0.6 is 0 Å². The Bertz CT molecular complexity index is 1470. The summed E-state index contributed by atoms with van der Waals surface area (Å²) in [6, 6.07) is -0.805. The van der Waals surface area contributed by atoms with Gasteiger partial charge in [0, 0.05) is 6.42 Å². The van der Waals surface area contributed by atoms with Crippen LogP contribution in [-0.4, -0.2) is 87.5 Å². The SMILES string of the molecule is CCCCCCC/C=C\C/C=C\C/C=C\CCCCCCCCCCCCCCCCCCCCCCCCCCC(=O)NC(COC1OC(CO)C(O)C(O)C1O)C(O)/C=C/CCCCCCCCCCCCCCCCCCCCCC. The standard InChI is InChI=1S/C75H141NO8/c1-3-5-7-9-11-13-15-17-19-21-23-25-27-28-29-30-31-32-33-34-35-36-37-38-39-40-41-42-43-45-47-49-51-53-55-57-59-61-63-65-71(79)76-68(67-83-75-74(82)73(81)72(80)70(66-77)84-75)69(78)64-62-60-58-56-54-52-50-48-46-44-26-24-22-20-18-16-14-12-10-8-6-4-2/h15,17,21,23,27-28,62,64,68-70,72-75,77-78,80-82H,3-14,16,18-20,22,24-26,29-61,63,65-67H2,1-2H3,(H,76,79)/b17-15-,23-21-,28-27-,64-62+. The van der Waals surface area contributed by atoms with Crippen LogP contribution in [0.15, 0.2) is 48.6 Å². The molecular formula is C75H141NO8. The third kappa shape index (κ3) is 52.1. The largest absolute Gasteiger partial charge is 0.394 e. The number of allylic oxidation sites excluding steroid dienone is 7. The number of aliphatic hydroxyl groups excluding tert-OH is 5. The van der Waals surface area contributed by atoms with E-state index >= 15 is 0 Å². The monoisotopic (exact) mass is 1180 g/mol. The Morgan fingerprint density at radius 1 is 0.405 bits per heavy atom. The summed E-state index contributed by atoms with van der Waals surface area (Å²) in [5.74, 6) is -0.169. The van der Waals surface area contributed by atoms with E-state index in [1.54, 1.807) is 6.08 Å². The fourth-order valence-electron chi connectivity index (χ4n) is 11.9. The molecule has 0 bridgehead atoms. The van der Waals surface area contributed by atoms with Gasteiger partial charge in [0.15, 0.2) is 6.29 Å². The third-order valence-corrected chi connectivity index (χ3v) is 17.6. The summed E-state index contributed by atoms with van der Waals surface area (Å²) in [5.41, 5.74) is 0. The maximum atomic E-state index is 13.1. The molecule has 1 aliphatic rings. The predicted octanol–water partition coefficient (Wildman–Crippen LogP) is 20.4. The first-order chi connectivity index (χ1) is 41.3. The molecule has 1 saturated heterocycles. The molecule has 0 radical (unpaired) electrons. The van der Waals surface area contributed by atoms with Gasteiger partial charge in [-0.2, -0.15) is 0 Å². The van der Waals surface area contributed by atoms with E-state index in [1.807, 2.05) is 6.08 Å². The fraction of sp³-hybridized carbons (Fsp3) is 0.880. The van der Waals surface area contributed by atoms with Crippen molar-refractivity contribution in [2.24, 2.45) is 0 Å². The number of hydrogen-bond donors (Lipinski definition) is 6. The van der Waals surface area contributed by atoms with E-state index in [9.17, 15) is 30.3 Å². The van der Waals surface area contributed by atoms with Crippen molar-refractivity contribution >= 4 is 5.91 Å². The van der Waals surface area contributed by atoms with Gasteiger partial charge in [0.05, 0.1) is 25.4 Å². The van der Waals surface area contributed by atoms with E-state index < -0.39 is 49.5 Å². The second kappa shape index (κ2) is 64.1. The van der Waals surface area contributed by atoms with Crippen LogP contribution in [0.4, 0.5) is 0 Å². The van der Waals surface area contributed by atoms with Crippen molar-refractivity contribution in [2.45, 2.75) is 410 Å².